The molecule has 1 aliphatic heterocycles. The summed E-state index contributed by atoms with van der Waals surface area (Å²) in [5, 5.41) is 0. The highest BCUT2D eigenvalue weighted by Gasteiger charge is 2.54. The Balaban J connectivity index is 1.30. The zero-order chi connectivity index (χ0) is 19.6. The molecule has 0 saturated heterocycles. The smallest absolute Gasteiger partial charge is 0.0363 e. The molecule has 2 heteroatoms. The third kappa shape index (κ3) is 2.85. The van der Waals surface area contributed by atoms with Gasteiger partial charge >= 0.3 is 0 Å². The van der Waals surface area contributed by atoms with Crippen LogP contribution in [0.25, 0.3) is 6.08 Å². The lowest BCUT2D eigenvalue weighted by atomic mass is 9.68. The van der Waals surface area contributed by atoms with Crippen molar-refractivity contribution in [1.82, 2.24) is 4.90 Å². The van der Waals surface area contributed by atoms with Crippen LogP contribution in [0.15, 0.2) is 41.1 Å². The third-order valence-electron chi connectivity index (χ3n) is 8.88. The van der Waals surface area contributed by atoms with Crippen molar-refractivity contribution in [3.63, 3.8) is 0 Å². The Hall–Kier alpha value is -1.02. The lowest BCUT2D eigenvalue weighted by Gasteiger charge is -2.44. The summed E-state index contributed by atoms with van der Waals surface area (Å²) in [5.41, 5.74) is 7.81. The number of hydrogen-bond donors (Lipinski definition) is 0. The average molecular weight is 440 g/mol. The van der Waals surface area contributed by atoms with E-state index in [0.717, 1.165) is 29.6 Å². The Morgan fingerprint density at radius 3 is 2.68 bits per heavy atom. The first kappa shape index (κ1) is 19.0. The predicted molar refractivity (Wildman–Crippen MR) is 122 cm³/mol. The molecule has 0 N–H and O–H groups in total. The minimum absolute atomic E-state index is 0.665. The molecule has 1 aromatic rings. The summed E-state index contributed by atoms with van der Waals surface area (Å²) in [7, 11) is 2.33. The average Bonchev–Trinajstić information content (AvgIpc) is 3.30. The molecule has 5 rings (SSSR count). The van der Waals surface area contributed by atoms with Gasteiger partial charge in [-0.15, -0.1) is 0 Å². The van der Waals surface area contributed by atoms with Crippen LogP contribution in [0.4, 0.5) is 0 Å². The number of allylic oxidation sites excluding steroid dienone is 2. The summed E-state index contributed by atoms with van der Waals surface area (Å²) < 4.78 is 0. The maximum absolute atomic E-state index is 4.22. The van der Waals surface area contributed by atoms with E-state index in [1.54, 1.807) is 11.1 Å². The zero-order valence-corrected chi connectivity index (χ0v) is 19.4. The minimum atomic E-state index is 0.665. The van der Waals surface area contributed by atoms with Gasteiger partial charge in [-0.1, -0.05) is 58.8 Å². The number of alkyl halides is 1. The lowest BCUT2D eigenvalue weighted by Crippen LogP contribution is -2.46. The topological polar surface area (TPSA) is 3.24 Å². The van der Waals surface area contributed by atoms with E-state index >= 15 is 0 Å². The molecule has 28 heavy (non-hydrogen) atoms. The van der Waals surface area contributed by atoms with Crippen molar-refractivity contribution in [1.29, 1.82) is 0 Å². The van der Waals surface area contributed by atoms with Crippen LogP contribution in [0.1, 0.15) is 57.6 Å². The Morgan fingerprint density at radius 2 is 1.89 bits per heavy atom. The third-order valence-corrected chi connectivity index (χ3v) is 10.1. The summed E-state index contributed by atoms with van der Waals surface area (Å²) in [5.74, 6) is 4.25. The van der Waals surface area contributed by atoms with Gasteiger partial charge in [-0.2, -0.15) is 0 Å². The second-order valence-electron chi connectivity index (χ2n) is 10.1. The molecule has 0 amide bonds. The van der Waals surface area contributed by atoms with E-state index in [0.29, 0.717) is 10.9 Å². The van der Waals surface area contributed by atoms with Crippen molar-refractivity contribution >= 4 is 22.0 Å². The fraction of sp³-hybridized carbons (Fsp3) is 0.615. The largest absolute Gasteiger partial charge is 0.375 e. The van der Waals surface area contributed by atoms with Gasteiger partial charge in [-0.25, -0.2) is 0 Å². The Bertz CT molecular complexity index is 837. The second kappa shape index (κ2) is 7.04. The van der Waals surface area contributed by atoms with Crippen LogP contribution < -0.4 is 0 Å². The molecule has 1 nitrogen and oxygen atoms in total. The molecule has 0 bridgehead atoms. The summed E-state index contributed by atoms with van der Waals surface area (Å²) in [6, 6.07) is 9.66. The van der Waals surface area contributed by atoms with Crippen LogP contribution in [-0.4, -0.2) is 22.8 Å². The number of hydrogen-bond acceptors (Lipinski definition) is 1. The van der Waals surface area contributed by atoms with Crippen LogP contribution in [-0.2, 0) is 6.42 Å². The zero-order valence-electron chi connectivity index (χ0n) is 17.8. The quantitative estimate of drug-likeness (QED) is 0.474. The van der Waals surface area contributed by atoms with Gasteiger partial charge in [0.25, 0.3) is 0 Å². The summed E-state index contributed by atoms with van der Waals surface area (Å²) >= 11 is 4.22. The fourth-order valence-corrected chi connectivity index (χ4v) is 8.55. The molecular weight excluding hydrogens is 406 g/mol. The molecule has 0 spiro atoms. The highest BCUT2D eigenvalue weighted by molar-refractivity contribution is 9.09. The Labute approximate surface area is 179 Å². The van der Waals surface area contributed by atoms with E-state index in [4.69, 9.17) is 0 Å². The van der Waals surface area contributed by atoms with Crippen LogP contribution >= 0.6 is 15.9 Å². The molecule has 2 saturated carbocycles. The summed E-state index contributed by atoms with van der Waals surface area (Å²) in [4.78, 5) is 3.26. The van der Waals surface area contributed by atoms with E-state index in [1.807, 2.05) is 0 Å². The van der Waals surface area contributed by atoms with Gasteiger partial charge in [0.1, 0.15) is 0 Å². The monoisotopic (exact) mass is 439 g/mol. The van der Waals surface area contributed by atoms with Crippen LogP contribution in [0, 0.1) is 29.6 Å². The summed E-state index contributed by atoms with van der Waals surface area (Å²) in [6.45, 7) is 7.24. The van der Waals surface area contributed by atoms with Gasteiger partial charge in [0.2, 0.25) is 0 Å². The van der Waals surface area contributed by atoms with E-state index in [1.165, 1.54) is 48.9 Å². The maximum Gasteiger partial charge on any atom is 0.0363 e. The minimum Gasteiger partial charge on any atom is -0.375 e. The first-order valence-corrected chi connectivity index (χ1v) is 12.2. The Morgan fingerprint density at radius 1 is 1.11 bits per heavy atom. The van der Waals surface area contributed by atoms with Gasteiger partial charge in [0, 0.05) is 29.5 Å². The molecule has 1 aromatic carbocycles. The maximum atomic E-state index is 4.22. The second-order valence-corrected chi connectivity index (χ2v) is 11.1. The number of rotatable bonds is 3. The molecule has 7 unspecified atom stereocenters. The number of fused-ring (bicyclic) bond motifs is 3. The lowest BCUT2D eigenvalue weighted by molar-refractivity contribution is 0.119. The van der Waals surface area contributed by atoms with Gasteiger partial charge in [0.15, 0.2) is 0 Å². The molecule has 3 aliphatic carbocycles. The molecular formula is C26H34BrN. The van der Waals surface area contributed by atoms with E-state index in [2.05, 4.69) is 79.0 Å². The molecule has 1 heterocycles. The van der Waals surface area contributed by atoms with Crippen molar-refractivity contribution < 1.29 is 0 Å². The van der Waals surface area contributed by atoms with Gasteiger partial charge < -0.3 is 4.90 Å². The first-order valence-electron chi connectivity index (χ1n) is 11.3. The van der Waals surface area contributed by atoms with Crippen molar-refractivity contribution in [2.45, 2.75) is 63.7 Å². The number of halogens is 1. The number of benzene rings is 1. The highest BCUT2D eigenvalue weighted by atomic mass is 79.9. The van der Waals surface area contributed by atoms with E-state index in [-0.39, 0.29) is 0 Å². The Kier molecular flexibility index (Phi) is 4.77. The molecule has 0 aromatic heterocycles. The predicted octanol–water partition coefficient (Wildman–Crippen LogP) is 6.69. The SMILES string of the molecule is CC1=C(C)N(C)C2CC3C(CCC4=Cc5ccccc5C4)C(C)CC3C(Br)C12. The van der Waals surface area contributed by atoms with Gasteiger partial charge in [-0.3, -0.25) is 0 Å². The normalized spacial score (nSPS) is 39.1. The number of nitrogens with zero attached hydrogens (tertiary/aromatic N) is 1. The molecule has 7 atom stereocenters. The molecule has 0 radical (unpaired) electrons. The molecule has 2 fully saturated rings. The van der Waals surface area contributed by atoms with Gasteiger partial charge in [0.05, 0.1) is 0 Å². The van der Waals surface area contributed by atoms with E-state index < -0.39 is 0 Å². The van der Waals surface area contributed by atoms with Crippen LogP contribution in [0.2, 0.25) is 0 Å². The first-order chi connectivity index (χ1) is 13.5. The highest BCUT2D eigenvalue weighted by Crippen LogP contribution is 2.58. The standard InChI is InChI=1S/C26H34BrN/c1-15-11-23-22(14-24-25(26(23)27)16(2)17(3)28(24)4)21(15)10-9-18-12-19-7-5-6-8-20(19)13-18/h5-8,12,15,21-26H,9-11,13-14H2,1-4H3. The van der Waals surface area contributed by atoms with Crippen molar-refractivity contribution in [3.05, 3.63) is 52.2 Å². The molecule has 4 aliphatic rings. The van der Waals surface area contributed by atoms with Gasteiger partial charge in [-0.05, 0) is 86.3 Å². The van der Waals surface area contributed by atoms with Crippen molar-refractivity contribution in [2.75, 3.05) is 7.05 Å². The summed E-state index contributed by atoms with van der Waals surface area (Å²) in [6.07, 6.45) is 9.15. The van der Waals surface area contributed by atoms with Crippen LogP contribution in [0.3, 0.4) is 0 Å². The fourth-order valence-electron chi connectivity index (χ4n) is 7.20. The van der Waals surface area contributed by atoms with Crippen LogP contribution in [0.5, 0.6) is 0 Å². The van der Waals surface area contributed by atoms with E-state index in [9.17, 15) is 0 Å². The molecule has 150 valence electrons. The van der Waals surface area contributed by atoms with Crippen molar-refractivity contribution in [2.24, 2.45) is 29.6 Å². The van der Waals surface area contributed by atoms with Crippen molar-refractivity contribution in [3.8, 4) is 0 Å².